The highest BCUT2D eigenvalue weighted by molar-refractivity contribution is 7.13. The molecule has 2 heterocycles. The molecule has 0 saturated carbocycles. The van der Waals surface area contributed by atoms with Crippen LogP contribution in [0.15, 0.2) is 29.6 Å². The Balaban J connectivity index is 1.61. The van der Waals surface area contributed by atoms with Gasteiger partial charge in [0, 0.05) is 56.5 Å². The third-order valence-corrected chi connectivity index (χ3v) is 6.36. The molecule has 3 rings (SSSR count). The summed E-state index contributed by atoms with van der Waals surface area (Å²) in [4.78, 5) is 32.8. The van der Waals surface area contributed by atoms with Crippen LogP contribution in [0.1, 0.15) is 31.0 Å². The van der Waals surface area contributed by atoms with Crippen molar-refractivity contribution in [2.45, 2.75) is 32.7 Å². The fraction of sp³-hybridized carbons (Fsp3) is 0.500. The normalized spacial score (nSPS) is 16.6. The van der Waals surface area contributed by atoms with Crippen molar-refractivity contribution in [1.29, 1.82) is 0 Å². The highest BCUT2D eigenvalue weighted by Gasteiger charge is 2.20. The average Bonchev–Trinajstić information content (AvgIpc) is 3.16. The molecule has 1 saturated heterocycles. The molecule has 0 aliphatic carbocycles. The summed E-state index contributed by atoms with van der Waals surface area (Å²) in [5, 5.41) is 11.9. The van der Waals surface area contributed by atoms with Crippen molar-refractivity contribution in [2.75, 3.05) is 33.2 Å². The fourth-order valence-corrected chi connectivity index (χ4v) is 4.36. The van der Waals surface area contributed by atoms with E-state index < -0.39 is 11.9 Å². The molecule has 7 heteroatoms. The Labute approximate surface area is 176 Å². The van der Waals surface area contributed by atoms with Gasteiger partial charge in [-0.15, -0.1) is 11.3 Å². The van der Waals surface area contributed by atoms with Crippen molar-refractivity contribution in [2.24, 2.45) is 5.92 Å². The summed E-state index contributed by atoms with van der Waals surface area (Å²) in [5.74, 6) is -1.58. The second-order valence-electron chi connectivity index (χ2n) is 7.79. The average molecular weight is 416 g/mol. The largest absolute Gasteiger partial charge is 0.481 e. The summed E-state index contributed by atoms with van der Waals surface area (Å²) in [6.45, 7) is 7.10. The monoisotopic (exact) mass is 415 g/mol. The number of Topliss-reactive ketones (excluding diaryl/α,β-unsaturated/α-hetero) is 1. The Bertz CT molecular complexity index is 843. The number of nitrogens with zero attached hydrogens (tertiary/aromatic N) is 3. The van der Waals surface area contributed by atoms with Gasteiger partial charge in [-0.05, 0) is 25.1 Å². The van der Waals surface area contributed by atoms with Gasteiger partial charge in [0.25, 0.3) is 0 Å². The van der Waals surface area contributed by atoms with Crippen LogP contribution in [-0.2, 0) is 22.6 Å². The molecule has 1 aliphatic heterocycles. The highest BCUT2D eigenvalue weighted by atomic mass is 32.1. The lowest BCUT2D eigenvalue weighted by molar-refractivity contribution is -0.143. The summed E-state index contributed by atoms with van der Waals surface area (Å²) in [7, 11) is 2.16. The third kappa shape index (κ3) is 6.19. The van der Waals surface area contributed by atoms with Crippen LogP contribution < -0.4 is 0 Å². The van der Waals surface area contributed by atoms with Gasteiger partial charge in [-0.25, -0.2) is 4.98 Å². The minimum Gasteiger partial charge on any atom is -0.481 e. The van der Waals surface area contributed by atoms with E-state index in [0.29, 0.717) is 6.42 Å². The van der Waals surface area contributed by atoms with E-state index in [1.165, 1.54) is 16.9 Å². The summed E-state index contributed by atoms with van der Waals surface area (Å²) in [6.07, 6.45) is 0.726. The Kier molecular flexibility index (Phi) is 7.52. The van der Waals surface area contributed by atoms with E-state index in [1.54, 1.807) is 6.92 Å². The first kappa shape index (κ1) is 21.6. The van der Waals surface area contributed by atoms with Gasteiger partial charge in [-0.3, -0.25) is 14.5 Å². The van der Waals surface area contributed by atoms with Crippen LogP contribution in [0.25, 0.3) is 10.6 Å². The number of carboxylic acids is 1. The van der Waals surface area contributed by atoms with Crippen LogP contribution >= 0.6 is 11.3 Å². The van der Waals surface area contributed by atoms with Crippen LogP contribution in [0, 0.1) is 5.92 Å². The molecular weight excluding hydrogens is 386 g/mol. The molecule has 1 unspecified atom stereocenters. The molecule has 2 aromatic rings. The van der Waals surface area contributed by atoms with E-state index in [0.717, 1.165) is 49.0 Å². The molecule has 0 bridgehead atoms. The molecule has 29 heavy (non-hydrogen) atoms. The zero-order chi connectivity index (χ0) is 20.8. The fourth-order valence-electron chi connectivity index (χ4n) is 3.54. The first-order valence-corrected chi connectivity index (χ1v) is 11.0. The lowest BCUT2D eigenvalue weighted by atomic mass is 9.98. The quantitative estimate of drug-likeness (QED) is 0.678. The van der Waals surface area contributed by atoms with E-state index in [9.17, 15) is 9.59 Å². The van der Waals surface area contributed by atoms with Gasteiger partial charge in [-0.2, -0.15) is 0 Å². The molecule has 1 fully saturated rings. The SMILES string of the molecule is CCC(CC(=O)Cc1csc(-c2cccc(CN3CCN(C)CC3)c2)n1)C(=O)O. The van der Waals surface area contributed by atoms with E-state index in [4.69, 9.17) is 5.11 Å². The minimum atomic E-state index is -0.906. The first-order chi connectivity index (χ1) is 13.9. The molecule has 1 aromatic carbocycles. The smallest absolute Gasteiger partial charge is 0.306 e. The van der Waals surface area contributed by atoms with Gasteiger partial charge in [0.2, 0.25) is 0 Å². The van der Waals surface area contributed by atoms with Crippen LogP contribution in [-0.4, -0.2) is 64.9 Å². The van der Waals surface area contributed by atoms with E-state index >= 15 is 0 Å². The minimum absolute atomic E-state index is 0.0687. The number of piperazine rings is 1. The summed E-state index contributed by atoms with van der Waals surface area (Å²) < 4.78 is 0. The first-order valence-electron chi connectivity index (χ1n) is 10.1. The molecule has 0 radical (unpaired) electrons. The number of rotatable bonds is 9. The summed E-state index contributed by atoms with van der Waals surface area (Å²) >= 11 is 1.53. The lowest BCUT2D eigenvalue weighted by Crippen LogP contribution is -2.43. The Hall–Kier alpha value is -2.09. The number of hydrogen-bond acceptors (Lipinski definition) is 6. The summed E-state index contributed by atoms with van der Waals surface area (Å²) in [6, 6.07) is 8.44. The number of carbonyl (C=O) groups is 2. The van der Waals surface area contributed by atoms with Crippen molar-refractivity contribution in [3.8, 4) is 10.6 Å². The zero-order valence-electron chi connectivity index (χ0n) is 17.1. The van der Waals surface area contributed by atoms with Gasteiger partial charge in [-0.1, -0.05) is 25.1 Å². The molecule has 1 aliphatic rings. The number of aliphatic carboxylic acids is 1. The molecule has 156 valence electrons. The number of carbonyl (C=O) groups excluding carboxylic acids is 1. The standard InChI is InChI=1S/C22H29N3O3S/c1-3-17(22(27)28)12-20(26)13-19-15-29-21(23-19)18-6-4-5-16(11-18)14-25-9-7-24(2)8-10-25/h4-6,11,15,17H,3,7-10,12-14H2,1-2H3,(H,27,28). The van der Waals surface area contributed by atoms with Crippen molar-refractivity contribution >= 4 is 23.1 Å². The van der Waals surface area contributed by atoms with Crippen molar-refractivity contribution < 1.29 is 14.7 Å². The van der Waals surface area contributed by atoms with Gasteiger partial charge < -0.3 is 10.0 Å². The Morgan fingerprint density at radius 3 is 2.69 bits per heavy atom. The number of carboxylic acid groups (broad SMARTS) is 1. The van der Waals surface area contributed by atoms with Gasteiger partial charge in [0.15, 0.2) is 0 Å². The zero-order valence-corrected chi connectivity index (χ0v) is 18.0. The van der Waals surface area contributed by atoms with Gasteiger partial charge in [0.1, 0.15) is 10.8 Å². The van der Waals surface area contributed by atoms with E-state index in [2.05, 4.69) is 46.1 Å². The predicted octanol–water partition coefficient (Wildman–Crippen LogP) is 3.17. The third-order valence-electron chi connectivity index (χ3n) is 5.42. The molecule has 1 atom stereocenters. The maximum atomic E-state index is 12.2. The van der Waals surface area contributed by atoms with E-state index in [-0.39, 0.29) is 18.6 Å². The maximum absolute atomic E-state index is 12.2. The Morgan fingerprint density at radius 2 is 2.00 bits per heavy atom. The summed E-state index contributed by atoms with van der Waals surface area (Å²) in [5.41, 5.74) is 3.06. The number of aromatic nitrogens is 1. The molecule has 6 nitrogen and oxygen atoms in total. The second kappa shape index (κ2) is 10.1. The predicted molar refractivity (Wildman–Crippen MR) is 115 cm³/mol. The molecule has 0 spiro atoms. The van der Waals surface area contributed by atoms with Crippen LogP contribution in [0.3, 0.4) is 0 Å². The molecule has 1 aromatic heterocycles. The van der Waals surface area contributed by atoms with Crippen molar-refractivity contribution in [3.63, 3.8) is 0 Å². The number of hydrogen-bond donors (Lipinski definition) is 1. The van der Waals surface area contributed by atoms with Crippen LogP contribution in [0.5, 0.6) is 0 Å². The Morgan fingerprint density at radius 1 is 1.24 bits per heavy atom. The lowest BCUT2D eigenvalue weighted by Gasteiger charge is -2.32. The van der Waals surface area contributed by atoms with Crippen LogP contribution in [0.4, 0.5) is 0 Å². The number of thiazole rings is 1. The maximum Gasteiger partial charge on any atom is 0.306 e. The number of ketones is 1. The molecular formula is C22H29N3O3S. The molecule has 1 N–H and O–H groups in total. The number of likely N-dealkylation sites (N-methyl/N-ethyl adjacent to an activating group) is 1. The van der Waals surface area contributed by atoms with Crippen LogP contribution in [0.2, 0.25) is 0 Å². The molecule has 0 amide bonds. The van der Waals surface area contributed by atoms with Crippen molar-refractivity contribution in [3.05, 3.63) is 40.9 Å². The second-order valence-corrected chi connectivity index (χ2v) is 8.64. The highest BCUT2D eigenvalue weighted by Crippen LogP contribution is 2.26. The number of benzene rings is 1. The van der Waals surface area contributed by atoms with Gasteiger partial charge >= 0.3 is 5.97 Å². The van der Waals surface area contributed by atoms with Crippen molar-refractivity contribution in [1.82, 2.24) is 14.8 Å². The van der Waals surface area contributed by atoms with Gasteiger partial charge in [0.05, 0.1) is 11.6 Å². The topological polar surface area (TPSA) is 73.7 Å². The van der Waals surface area contributed by atoms with E-state index in [1.807, 2.05) is 5.38 Å².